The molecule has 0 fully saturated rings. The Morgan fingerprint density at radius 2 is 1.22 bits per heavy atom. The molecule has 1 nitrogen and oxygen atoms in total. The van der Waals surface area contributed by atoms with Crippen molar-refractivity contribution in [1.82, 2.24) is 0 Å². The van der Waals surface area contributed by atoms with Crippen LogP contribution in [0.15, 0.2) is 18.2 Å². The summed E-state index contributed by atoms with van der Waals surface area (Å²) in [5.74, 6) is -11.0. The van der Waals surface area contributed by atoms with Gasteiger partial charge in [0.05, 0.1) is 0 Å². The highest BCUT2D eigenvalue weighted by Gasteiger charge is 2.71. The third kappa shape index (κ3) is 2.53. The summed E-state index contributed by atoms with van der Waals surface area (Å²) in [6.45, 7) is 0. The third-order valence-electron chi connectivity index (χ3n) is 2.02. The predicted octanol–water partition coefficient (Wildman–Crippen LogP) is 4.31. The molecule has 0 aliphatic carbocycles. The van der Waals surface area contributed by atoms with Crippen molar-refractivity contribution in [2.75, 3.05) is 0 Å². The molecule has 0 aliphatic heterocycles. The fraction of sp³-hybridized carbons (Fsp3) is 0.333. The zero-order valence-electron chi connectivity index (χ0n) is 8.20. The molecular weight excluding hydrogens is 309 g/mol. The zero-order chi connectivity index (χ0) is 14.4. The van der Waals surface area contributed by atoms with Gasteiger partial charge in [-0.1, -0.05) is 23.2 Å². The average molecular weight is 313 g/mol. The summed E-state index contributed by atoms with van der Waals surface area (Å²) in [5, 5.41) is 7.54. The van der Waals surface area contributed by atoms with Crippen LogP contribution in [0.4, 0.5) is 26.3 Å². The molecule has 0 aliphatic rings. The van der Waals surface area contributed by atoms with Crippen molar-refractivity contribution in [2.24, 2.45) is 0 Å². The topological polar surface area (TPSA) is 20.2 Å². The van der Waals surface area contributed by atoms with Gasteiger partial charge in [0.25, 0.3) is 0 Å². The number of rotatable bonds is 2. The Kier molecular flexibility index (Phi) is 3.82. The van der Waals surface area contributed by atoms with Crippen molar-refractivity contribution in [3.63, 3.8) is 0 Å². The molecule has 0 aromatic heterocycles. The summed E-state index contributed by atoms with van der Waals surface area (Å²) in [6.07, 6.45) is -6.18. The van der Waals surface area contributed by atoms with E-state index >= 15 is 0 Å². The van der Waals surface area contributed by atoms with E-state index in [1.807, 2.05) is 0 Å². The summed E-state index contributed by atoms with van der Waals surface area (Å²) in [4.78, 5) is 0. The number of benzene rings is 1. The summed E-state index contributed by atoms with van der Waals surface area (Å²) in [5.41, 5.74) is -1.48. The van der Waals surface area contributed by atoms with E-state index in [-0.39, 0.29) is 0 Å². The lowest BCUT2D eigenvalue weighted by atomic mass is 10.0. The monoisotopic (exact) mass is 312 g/mol. The van der Waals surface area contributed by atoms with Crippen molar-refractivity contribution in [3.8, 4) is 0 Å². The van der Waals surface area contributed by atoms with Crippen molar-refractivity contribution in [2.45, 2.75) is 18.0 Å². The Morgan fingerprint density at radius 3 is 1.56 bits per heavy atom. The molecule has 1 atom stereocenters. The molecule has 0 saturated carbocycles. The van der Waals surface area contributed by atoms with Crippen LogP contribution in [0.5, 0.6) is 0 Å². The molecule has 0 saturated heterocycles. The Bertz CT molecular complexity index is 437. The third-order valence-corrected chi connectivity index (χ3v) is 2.45. The number of hydrogen-bond donors (Lipinski definition) is 1. The Hall–Kier alpha value is -0.660. The predicted molar refractivity (Wildman–Crippen MR) is 52.5 cm³/mol. The minimum Gasteiger partial charge on any atom is -0.350 e. The van der Waals surface area contributed by atoms with Gasteiger partial charge in [0.2, 0.25) is 0 Å². The van der Waals surface area contributed by atoms with Gasteiger partial charge >= 0.3 is 18.0 Å². The van der Waals surface area contributed by atoms with Crippen LogP contribution in [-0.2, 0) is 5.92 Å². The van der Waals surface area contributed by atoms with Crippen LogP contribution in [0.2, 0.25) is 10.0 Å². The van der Waals surface area contributed by atoms with Crippen LogP contribution in [0, 0.1) is 0 Å². The van der Waals surface area contributed by atoms with E-state index in [4.69, 9.17) is 28.3 Å². The van der Waals surface area contributed by atoms with E-state index in [0.717, 1.165) is 6.07 Å². The van der Waals surface area contributed by atoms with Gasteiger partial charge in [-0.25, -0.2) is 0 Å². The quantitative estimate of drug-likeness (QED) is 0.807. The Morgan fingerprint density at radius 1 is 0.833 bits per heavy atom. The minimum atomic E-state index is -6.18. The van der Waals surface area contributed by atoms with Crippen molar-refractivity contribution in [3.05, 3.63) is 33.8 Å². The number of alkyl halides is 6. The van der Waals surface area contributed by atoms with Crippen LogP contribution in [0.1, 0.15) is 5.56 Å². The molecule has 0 heterocycles. The first-order valence-corrected chi connectivity index (χ1v) is 4.97. The highest BCUT2D eigenvalue weighted by molar-refractivity contribution is 6.34. The number of aliphatic hydroxyl groups is 1. The first-order chi connectivity index (χ1) is 7.89. The largest absolute Gasteiger partial charge is 0.455 e. The van der Waals surface area contributed by atoms with E-state index in [0.29, 0.717) is 12.1 Å². The van der Waals surface area contributed by atoms with Crippen LogP contribution < -0.4 is 0 Å². The van der Waals surface area contributed by atoms with Crippen molar-refractivity contribution >= 4 is 23.2 Å². The maximum absolute atomic E-state index is 13.3. The molecule has 9 heteroatoms. The molecule has 1 unspecified atom stereocenters. The second-order valence-corrected chi connectivity index (χ2v) is 4.23. The highest BCUT2D eigenvalue weighted by atomic mass is 35.5. The summed E-state index contributed by atoms with van der Waals surface area (Å²) in [6, 6.07) is 1.72. The first-order valence-electron chi connectivity index (χ1n) is 4.22. The van der Waals surface area contributed by atoms with Crippen molar-refractivity contribution in [1.29, 1.82) is 0 Å². The average Bonchev–Trinajstić information content (AvgIpc) is 2.13. The highest BCUT2D eigenvalue weighted by Crippen LogP contribution is 2.49. The SMILES string of the molecule is OC(F)(C(F)(F)F)C(F)(F)c1cc(Cl)cc(Cl)c1. The van der Waals surface area contributed by atoms with Crippen LogP contribution in [-0.4, -0.2) is 17.1 Å². The fourth-order valence-corrected chi connectivity index (χ4v) is 1.63. The minimum absolute atomic E-state index is 0.379. The van der Waals surface area contributed by atoms with Gasteiger partial charge in [0.1, 0.15) is 0 Å². The van der Waals surface area contributed by atoms with Gasteiger partial charge in [-0.15, -0.1) is 0 Å². The molecule has 0 amide bonds. The van der Waals surface area contributed by atoms with Crippen LogP contribution in [0.25, 0.3) is 0 Å². The lowest BCUT2D eigenvalue weighted by Gasteiger charge is -2.30. The molecule has 1 N–H and O–H groups in total. The Labute approximate surface area is 107 Å². The molecule has 1 aromatic carbocycles. The van der Waals surface area contributed by atoms with Crippen molar-refractivity contribution < 1.29 is 31.4 Å². The normalized spacial score (nSPS) is 16.5. The number of hydrogen-bond acceptors (Lipinski definition) is 1. The van der Waals surface area contributed by atoms with Gasteiger partial charge in [-0.2, -0.15) is 26.3 Å². The standard InChI is InChI=1S/C9H4Cl2F6O/c10-5-1-4(2-6(11)3-5)7(12,13)8(14,18)9(15,16)17/h1-3,18H. The smallest absolute Gasteiger partial charge is 0.350 e. The second-order valence-electron chi connectivity index (χ2n) is 3.35. The molecular formula is C9H4Cl2F6O. The summed E-state index contributed by atoms with van der Waals surface area (Å²) >= 11 is 10.6. The maximum Gasteiger partial charge on any atom is 0.455 e. The molecule has 18 heavy (non-hydrogen) atoms. The van der Waals surface area contributed by atoms with E-state index in [2.05, 4.69) is 0 Å². The van der Waals surface area contributed by atoms with E-state index in [1.165, 1.54) is 0 Å². The summed E-state index contributed by atoms with van der Waals surface area (Å²) < 4.78 is 75.7. The molecule has 1 aromatic rings. The first kappa shape index (κ1) is 15.4. The van der Waals surface area contributed by atoms with Gasteiger partial charge in [0, 0.05) is 15.6 Å². The lowest BCUT2D eigenvalue weighted by Crippen LogP contribution is -2.53. The van der Waals surface area contributed by atoms with Crippen LogP contribution in [0.3, 0.4) is 0 Å². The molecule has 0 spiro atoms. The summed E-state index contributed by atoms with van der Waals surface area (Å²) in [7, 11) is 0. The molecule has 1 rings (SSSR count). The molecule has 0 bridgehead atoms. The maximum atomic E-state index is 13.3. The zero-order valence-corrected chi connectivity index (χ0v) is 9.71. The lowest BCUT2D eigenvalue weighted by molar-refractivity contribution is -0.390. The molecule has 0 radical (unpaired) electrons. The second kappa shape index (κ2) is 4.47. The Balaban J connectivity index is 3.37. The van der Waals surface area contributed by atoms with Gasteiger partial charge in [-0.3, -0.25) is 0 Å². The molecule has 102 valence electrons. The van der Waals surface area contributed by atoms with E-state index in [9.17, 15) is 26.3 Å². The number of halogens is 8. The fourth-order valence-electron chi connectivity index (χ4n) is 1.10. The van der Waals surface area contributed by atoms with Gasteiger partial charge < -0.3 is 5.11 Å². The van der Waals surface area contributed by atoms with Gasteiger partial charge in [0.15, 0.2) is 0 Å². The van der Waals surface area contributed by atoms with Gasteiger partial charge in [-0.05, 0) is 18.2 Å². The van der Waals surface area contributed by atoms with E-state index < -0.39 is 33.6 Å². The van der Waals surface area contributed by atoms with Crippen LogP contribution >= 0.6 is 23.2 Å². The van der Waals surface area contributed by atoms with E-state index in [1.54, 1.807) is 0 Å².